The molecule has 0 aromatic carbocycles. The Kier molecular flexibility index (Phi) is 3.90. The van der Waals surface area contributed by atoms with Crippen molar-refractivity contribution in [1.82, 2.24) is 4.90 Å². The zero-order valence-electron chi connectivity index (χ0n) is 10.9. The molecule has 1 N–H and O–H groups in total. The van der Waals surface area contributed by atoms with Gasteiger partial charge in [0.2, 0.25) is 5.91 Å². The van der Waals surface area contributed by atoms with Crippen molar-refractivity contribution in [2.24, 2.45) is 11.3 Å². The van der Waals surface area contributed by atoms with Crippen LogP contribution in [0.3, 0.4) is 0 Å². The SMILES string of the molecule is CC1(C(=O)O)CCN(C(=O)C2CCCOC2)CC1. The molecule has 0 aromatic heterocycles. The van der Waals surface area contributed by atoms with Crippen LogP contribution in [-0.2, 0) is 14.3 Å². The first-order valence-electron chi connectivity index (χ1n) is 6.63. The average molecular weight is 255 g/mol. The van der Waals surface area contributed by atoms with E-state index in [4.69, 9.17) is 9.84 Å². The van der Waals surface area contributed by atoms with Crippen LogP contribution in [0.15, 0.2) is 0 Å². The molecule has 1 amide bonds. The maximum absolute atomic E-state index is 12.2. The third kappa shape index (κ3) is 2.66. The fourth-order valence-corrected chi connectivity index (χ4v) is 2.63. The number of carboxylic acid groups (broad SMARTS) is 1. The number of amides is 1. The monoisotopic (exact) mass is 255 g/mol. The van der Waals surface area contributed by atoms with Crippen LogP contribution in [0.25, 0.3) is 0 Å². The molecule has 0 saturated carbocycles. The number of carboxylic acids is 1. The first-order valence-corrected chi connectivity index (χ1v) is 6.63. The number of carbonyl (C=O) groups excluding carboxylic acids is 1. The van der Waals surface area contributed by atoms with Crippen LogP contribution in [0.1, 0.15) is 32.6 Å². The van der Waals surface area contributed by atoms with Gasteiger partial charge >= 0.3 is 5.97 Å². The van der Waals surface area contributed by atoms with Gasteiger partial charge in [-0.25, -0.2) is 0 Å². The molecule has 0 spiro atoms. The molecule has 102 valence electrons. The van der Waals surface area contributed by atoms with Crippen molar-refractivity contribution in [3.05, 3.63) is 0 Å². The standard InChI is InChI=1S/C13H21NO4/c1-13(12(16)17)4-6-14(7-5-13)11(15)10-3-2-8-18-9-10/h10H,2-9H2,1H3,(H,16,17). The average Bonchev–Trinajstić information content (AvgIpc) is 2.40. The van der Waals surface area contributed by atoms with Gasteiger partial charge in [-0.15, -0.1) is 0 Å². The van der Waals surface area contributed by atoms with Gasteiger partial charge < -0.3 is 14.7 Å². The van der Waals surface area contributed by atoms with Crippen LogP contribution in [0.2, 0.25) is 0 Å². The number of hydrogen-bond donors (Lipinski definition) is 1. The highest BCUT2D eigenvalue weighted by Crippen LogP contribution is 2.32. The third-order valence-electron chi connectivity index (χ3n) is 4.20. The maximum atomic E-state index is 12.2. The molecular formula is C13H21NO4. The Bertz CT molecular complexity index is 328. The summed E-state index contributed by atoms with van der Waals surface area (Å²) in [7, 11) is 0. The lowest BCUT2D eigenvalue weighted by molar-refractivity contribution is -0.154. The van der Waals surface area contributed by atoms with Gasteiger partial charge in [0.25, 0.3) is 0 Å². The van der Waals surface area contributed by atoms with Crippen molar-refractivity contribution < 1.29 is 19.4 Å². The minimum absolute atomic E-state index is 0.0204. The van der Waals surface area contributed by atoms with Gasteiger partial charge in [-0.05, 0) is 32.6 Å². The number of ether oxygens (including phenoxy) is 1. The van der Waals surface area contributed by atoms with E-state index >= 15 is 0 Å². The van der Waals surface area contributed by atoms with Gasteiger partial charge in [0.1, 0.15) is 0 Å². The van der Waals surface area contributed by atoms with Gasteiger partial charge in [-0.1, -0.05) is 0 Å². The summed E-state index contributed by atoms with van der Waals surface area (Å²) in [5, 5.41) is 9.15. The molecule has 2 fully saturated rings. The lowest BCUT2D eigenvalue weighted by Gasteiger charge is -2.38. The van der Waals surface area contributed by atoms with Crippen LogP contribution < -0.4 is 0 Å². The molecular weight excluding hydrogens is 234 g/mol. The van der Waals surface area contributed by atoms with Gasteiger partial charge in [-0.3, -0.25) is 9.59 Å². The van der Waals surface area contributed by atoms with Crippen LogP contribution in [0.5, 0.6) is 0 Å². The predicted octanol–water partition coefficient (Wildman–Crippen LogP) is 1.13. The number of carbonyl (C=O) groups is 2. The second-order valence-electron chi connectivity index (χ2n) is 5.61. The second kappa shape index (κ2) is 5.26. The van der Waals surface area contributed by atoms with E-state index in [0.717, 1.165) is 19.4 Å². The van der Waals surface area contributed by atoms with Crippen molar-refractivity contribution >= 4 is 11.9 Å². The van der Waals surface area contributed by atoms with Crippen molar-refractivity contribution in [2.75, 3.05) is 26.3 Å². The zero-order chi connectivity index (χ0) is 13.2. The number of likely N-dealkylation sites (tertiary alicyclic amines) is 1. The largest absolute Gasteiger partial charge is 0.481 e. The maximum Gasteiger partial charge on any atom is 0.309 e. The van der Waals surface area contributed by atoms with E-state index in [1.807, 2.05) is 4.90 Å². The van der Waals surface area contributed by atoms with E-state index in [-0.39, 0.29) is 11.8 Å². The van der Waals surface area contributed by atoms with Gasteiger partial charge in [0.15, 0.2) is 0 Å². The summed E-state index contributed by atoms with van der Waals surface area (Å²) in [6.07, 6.45) is 2.92. The van der Waals surface area contributed by atoms with E-state index in [0.29, 0.717) is 32.5 Å². The smallest absolute Gasteiger partial charge is 0.309 e. The van der Waals surface area contributed by atoms with Gasteiger partial charge in [0.05, 0.1) is 17.9 Å². The van der Waals surface area contributed by atoms with Crippen molar-refractivity contribution in [3.8, 4) is 0 Å². The van der Waals surface area contributed by atoms with E-state index in [9.17, 15) is 9.59 Å². The molecule has 5 nitrogen and oxygen atoms in total. The van der Waals surface area contributed by atoms with E-state index in [2.05, 4.69) is 0 Å². The number of piperidine rings is 1. The van der Waals surface area contributed by atoms with Crippen molar-refractivity contribution in [2.45, 2.75) is 32.6 Å². The van der Waals surface area contributed by atoms with E-state index in [1.165, 1.54) is 0 Å². The number of aliphatic carboxylic acids is 1. The van der Waals surface area contributed by atoms with Crippen LogP contribution in [-0.4, -0.2) is 48.2 Å². The summed E-state index contributed by atoms with van der Waals surface area (Å²) in [4.78, 5) is 25.2. The number of nitrogens with zero attached hydrogens (tertiary/aromatic N) is 1. The van der Waals surface area contributed by atoms with Gasteiger partial charge in [0, 0.05) is 19.7 Å². The Labute approximate surface area is 107 Å². The molecule has 1 unspecified atom stereocenters. The summed E-state index contributed by atoms with van der Waals surface area (Å²) in [5.41, 5.74) is -0.667. The fourth-order valence-electron chi connectivity index (χ4n) is 2.63. The Morgan fingerprint density at radius 3 is 2.50 bits per heavy atom. The molecule has 2 heterocycles. The Morgan fingerprint density at radius 2 is 2.00 bits per heavy atom. The second-order valence-corrected chi connectivity index (χ2v) is 5.61. The zero-order valence-corrected chi connectivity index (χ0v) is 10.9. The number of rotatable bonds is 2. The molecule has 1 atom stereocenters. The van der Waals surface area contributed by atoms with E-state index in [1.54, 1.807) is 6.92 Å². The van der Waals surface area contributed by atoms with Crippen molar-refractivity contribution in [3.63, 3.8) is 0 Å². The highest BCUT2D eigenvalue weighted by molar-refractivity contribution is 5.80. The first kappa shape index (κ1) is 13.3. The summed E-state index contributed by atoms with van der Waals surface area (Å²) < 4.78 is 5.33. The Hall–Kier alpha value is -1.10. The molecule has 0 bridgehead atoms. The number of hydrogen-bond acceptors (Lipinski definition) is 3. The minimum Gasteiger partial charge on any atom is -0.481 e. The lowest BCUT2D eigenvalue weighted by atomic mass is 9.80. The van der Waals surface area contributed by atoms with E-state index < -0.39 is 11.4 Å². The van der Waals surface area contributed by atoms with Gasteiger partial charge in [-0.2, -0.15) is 0 Å². The molecule has 2 aliphatic heterocycles. The van der Waals surface area contributed by atoms with Crippen LogP contribution in [0, 0.1) is 11.3 Å². The third-order valence-corrected chi connectivity index (χ3v) is 4.20. The van der Waals surface area contributed by atoms with Crippen LogP contribution in [0.4, 0.5) is 0 Å². The molecule has 0 radical (unpaired) electrons. The Balaban J connectivity index is 1.89. The molecule has 5 heteroatoms. The molecule has 18 heavy (non-hydrogen) atoms. The summed E-state index contributed by atoms with van der Waals surface area (Å²) in [5.74, 6) is -0.634. The fraction of sp³-hybridized carbons (Fsp3) is 0.846. The molecule has 0 aromatic rings. The minimum atomic E-state index is -0.754. The quantitative estimate of drug-likeness (QED) is 0.803. The molecule has 2 rings (SSSR count). The molecule has 2 aliphatic rings. The normalized spacial score (nSPS) is 27.8. The van der Waals surface area contributed by atoms with Crippen LogP contribution >= 0.6 is 0 Å². The van der Waals surface area contributed by atoms with Crippen molar-refractivity contribution in [1.29, 1.82) is 0 Å². The predicted molar refractivity (Wildman–Crippen MR) is 65.1 cm³/mol. The summed E-state index contributed by atoms with van der Waals surface area (Å²) in [6, 6.07) is 0. The summed E-state index contributed by atoms with van der Waals surface area (Å²) >= 11 is 0. The highest BCUT2D eigenvalue weighted by atomic mass is 16.5. The highest BCUT2D eigenvalue weighted by Gasteiger charge is 2.39. The Morgan fingerprint density at radius 1 is 1.33 bits per heavy atom. The summed E-state index contributed by atoms with van der Waals surface area (Å²) in [6.45, 7) is 4.14. The first-order chi connectivity index (χ1) is 8.53. The lowest BCUT2D eigenvalue weighted by Crippen LogP contribution is -2.48. The topological polar surface area (TPSA) is 66.8 Å². The molecule has 0 aliphatic carbocycles. The molecule has 2 saturated heterocycles.